The summed E-state index contributed by atoms with van der Waals surface area (Å²) in [6, 6.07) is 3.94. The van der Waals surface area contributed by atoms with E-state index in [1.165, 1.54) is 0 Å². The van der Waals surface area contributed by atoms with Crippen LogP contribution in [0.4, 0.5) is 11.4 Å². The summed E-state index contributed by atoms with van der Waals surface area (Å²) in [7, 11) is 0. The summed E-state index contributed by atoms with van der Waals surface area (Å²) in [5.74, 6) is 0.474. The zero-order valence-corrected chi connectivity index (χ0v) is 11.6. The molecule has 0 unspecified atom stereocenters. The van der Waals surface area contributed by atoms with Gasteiger partial charge in [0.15, 0.2) is 0 Å². The first-order chi connectivity index (χ1) is 8.46. The molecule has 0 atom stereocenters. The molecule has 0 spiro atoms. The number of hydrogen-bond acceptors (Lipinski definition) is 2. The molecule has 1 aliphatic rings. The van der Waals surface area contributed by atoms with Crippen molar-refractivity contribution >= 4 is 17.3 Å². The maximum atomic E-state index is 12.3. The fourth-order valence-electron chi connectivity index (χ4n) is 2.97. The molecular weight excluding hydrogens is 224 g/mol. The zero-order chi connectivity index (χ0) is 13.5. The Bertz CT molecular complexity index is 488. The third-order valence-corrected chi connectivity index (χ3v) is 4.21. The van der Waals surface area contributed by atoms with Crippen LogP contribution in [0.2, 0.25) is 0 Å². The molecule has 98 valence electrons. The number of carbonyl (C=O) groups excluding carboxylic acids is 1. The van der Waals surface area contributed by atoms with Gasteiger partial charge in [-0.15, -0.1) is 0 Å². The highest BCUT2D eigenvalue weighted by atomic mass is 16.2. The first-order valence-electron chi connectivity index (χ1n) is 6.71. The highest BCUT2D eigenvalue weighted by Crippen LogP contribution is 2.46. The fourth-order valence-corrected chi connectivity index (χ4v) is 2.97. The number of nitrogens with two attached hydrogens (primary N) is 1. The summed E-state index contributed by atoms with van der Waals surface area (Å²) < 4.78 is 0. The second kappa shape index (κ2) is 4.30. The molecule has 2 rings (SSSR count). The molecule has 1 amide bonds. The lowest BCUT2D eigenvalue weighted by molar-refractivity contribution is -0.121. The average Bonchev–Trinajstić information content (AvgIpc) is 2.60. The lowest BCUT2D eigenvalue weighted by Crippen LogP contribution is -2.32. The molecule has 3 N–H and O–H groups in total. The summed E-state index contributed by atoms with van der Waals surface area (Å²) in [4.78, 5) is 12.3. The summed E-state index contributed by atoms with van der Waals surface area (Å²) in [6.07, 6.45) is 1.62. The van der Waals surface area contributed by atoms with Crippen LogP contribution >= 0.6 is 0 Å². The van der Waals surface area contributed by atoms with E-state index in [9.17, 15) is 4.79 Å². The van der Waals surface area contributed by atoms with Gasteiger partial charge in [-0.05, 0) is 42.0 Å². The Kier molecular flexibility index (Phi) is 3.09. The lowest BCUT2D eigenvalue weighted by Gasteiger charge is -2.24. The minimum Gasteiger partial charge on any atom is -0.399 e. The van der Waals surface area contributed by atoms with Gasteiger partial charge in [0.25, 0.3) is 0 Å². The van der Waals surface area contributed by atoms with Crippen LogP contribution < -0.4 is 11.1 Å². The Morgan fingerprint density at radius 3 is 2.39 bits per heavy atom. The maximum absolute atomic E-state index is 12.3. The molecule has 0 saturated carbocycles. The van der Waals surface area contributed by atoms with E-state index in [-0.39, 0.29) is 5.91 Å². The highest BCUT2D eigenvalue weighted by Gasteiger charge is 2.44. The van der Waals surface area contributed by atoms with Gasteiger partial charge in [0.1, 0.15) is 0 Å². The Morgan fingerprint density at radius 2 is 1.89 bits per heavy atom. The smallest absolute Gasteiger partial charge is 0.235 e. The number of rotatable bonds is 3. The van der Waals surface area contributed by atoms with E-state index in [2.05, 4.69) is 33.0 Å². The second-order valence-electron chi connectivity index (χ2n) is 5.43. The Balaban J connectivity index is 2.70. The molecule has 0 aliphatic carbocycles. The number of fused-ring (bicyclic) bond motifs is 1. The highest BCUT2D eigenvalue weighted by molar-refractivity contribution is 6.07. The zero-order valence-electron chi connectivity index (χ0n) is 11.6. The van der Waals surface area contributed by atoms with Gasteiger partial charge in [0.2, 0.25) is 5.91 Å². The third-order valence-electron chi connectivity index (χ3n) is 4.21. The van der Waals surface area contributed by atoms with Crippen molar-refractivity contribution in [1.82, 2.24) is 0 Å². The Labute approximate surface area is 109 Å². The SMILES string of the molecule is CCC1(CC)C(=O)Nc2c(C(C)C)cc(N)cc21. The number of benzene rings is 1. The predicted molar refractivity (Wildman–Crippen MR) is 75.8 cm³/mol. The molecule has 3 nitrogen and oxygen atoms in total. The van der Waals surface area contributed by atoms with Gasteiger partial charge in [-0.2, -0.15) is 0 Å². The topological polar surface area (TPSA) is 55.1 Å². The quantitative estimate of drug-likeness (QED) is 0.803. The van der Waals surface area contributed by atoms with Crippen molar-refractivity contribution < 1.29 is 4.79 Å². The van der Waals surface area contributed by atoms with Crippen LogP contribution in [0.15, 0.2) is 12.1 Å². The molecule has 1 aromatic rings. The molecule has 0 bridgehead atoms. The molecule has 0 radical (unpaired) electrons. The number of amides is 1. The predicted octanol–water partition coefficient (Wildman–Crippen LogP) is 3.40. The van der Waals surface area contributed by atoms with Crippen molar-refractivity contribution in [2.75, 3.05) is 11.1 Å². The van der Waals surface area contributed by atoms with Crippen molar-refractivity contribution in [3.8, 4) is 0 Å². The molecule has 18 heavy (non-hydrogen) atoms. The van der Waals surface area contributed by atoms with Crippen molar-refractivity contribution in [3.05, 3.63) is 23.3 Å². The fraction of sp³-hybridized carbons (Fsp3) is 0.533. The molecule has 1 heterocycles. The minimum atomic E-state index is -0.394. The number of nitrogens with one attached hydrogen (secondary N) is 1. The van der Waals surface area contributed by atoms with Gasteiger partial charge in [0.05, 0.1) is 5.41 Å². The lowest BCUT2D eigenvalue weighted by atomic mass is 9.76. The monoisotopic (exact) mass is 246 g/mol. The third kappa shape index (κ3) is 1.61. The Hall–Kier alpha value is -1.51. The number of nitrogen functional groups attached to an aromatic ring is 1. The molecule has 3 heteroatoms. The van der Waals surface area contributed by atoms with Gasteiger partial charge >= 0.3 is 0 Å². The summed E-state index contributed by atoms with van der Waals surface area (Å²) in [6.45, 7) is 8.38. The van der Waals surface area contributed by atoms with Crippen LogP contribution in [0.3, 0.4) is 0 Å². The van der Waals surface area contributed by atoms with Gasteiger partial charge < -0.3 is 11.1 Å². The van der Waals surface area contributed by atoms with Gasteiger partial charge in [0, 0.05) is 11.4 Å². The number of carbonyl (C=O) groups is 1. The number of hydrogen-bond donors (Lipinski definition) is 2. The van der Waals surface area contributed by atoms with E-state index in [0.717, 1.165) is 35.3 Å². The molecular formula is C15H22N2O. The summed E-state index contributed by atoms with van der Waals surface area (Å²) >= 11 is 0. The van der Waals surface area contributed by atoms with E-state index in [0.29, 0.717) is 5.92 Å². The summed E-state index contributed by atoms with van der Waals surface area (Å²) in [5.41, 5.74) is 9.58. The van der Waals surface area contributed by atoms with Crippen LogP contribution in [0.1, 0.15) is 57.6 Å². The second-order valence-corrected chi connectivity index (χ2v) is 5.43. The van der Waals surface area contributed by atoms with Crippen LogP contribution in [-0.2, 0) is 10.2 Å². The molecule has 0 fully saturated rings. The Morgan fingerprint density at radius 1 is 1.28 bits per heavy atom. The van der Waals surface area contributed by atoms with Gasteiger partial charge in [-0.3, -0.25) is 4.79 Å². The van der Waals surface area contributed by atoms with Crippen LogP contribution in [-0.4, -0.2) is 5.91 Å². The van der Waals surface area contributed by atoms with Gasteiger partial charge in [-0.25, -0.2) is 0 Å². The van der Waals surface area contributed by atoms with Gasteiger partial charge in [-0.1, -0.05) is 27.7 Å². The van der Waals surface area contributed by atoms with Crippen molar-refractivity contribution in [3.63, 3.8) is 0 Å². The van der Waals surface area contributed by atoms with Crippen LogP contribution in [0.25, 0.3) is 0 Å². The average molecular weight is 246 g/mol. The largest absolute Gasteiger partial charge is 0.399 e. The maximum Gasteiger partial charge on any atom is 0.235 e. The standard InChI is InChI=1S/C15H22N2O/c1-5-15(6-2)12-8-10(16)7-11(9(3)4)13(12)17-14(15)18/h7-9H,5-6,16H2,1-4H3,(H,17,18). The minimum absolute atomic E-state index is 0.120. The number of anilines is 2. The van der Waals surface area contributed by atoms with Crippen molar-refractivity contribution in [1.29, 1.82) is 0 Å². The van der Waals surface area contributed by atoms with Crippen LogP contribution in [0, 0.1) is 0 Å². The first kappa shape index (κ1) is 12.9. The van der Waals surface area contributed by atoms with E-state index in [4.69, 9.17) is 5.73 Å². The van der Waals surface area contributed by atoms with E-state index >= 15 is 0 Å². The van der Waals surface area contributed by atoms with Crippen molar-refractivity contribution in [2.45, 2.75) is 51.9 Å². The van der Waals surface area contributed by atoms with E-state index < -0.39 is 5.41 Å². The van der Waals surface area contributed by atoms with E-state index in [1.807, 2.05) is 12.1 Å². The van der Waals surface area contributed by atoms with Crippen molar-refractivity contribution in [2.24, 2.45) is 0 Å². The van der Waals surface area contributed by atoms with Crippen LogP contribution in [0.5, 0.6) is 0 Å². The molecule has 0 saturated heterocycles. The molecule has 0 aromatic heterocycles. The molecule has 1 aromatic carbocycles. The summed E-state index contributed by atoms with van der Waals surface area (Å²) in [5, 5.41) is 3.07. The first-order valence-corrected chi connectivity index (χ1v) is 6.71. The molecule has 1 aliphatic heterocycles. The van der Waals surface area contributed by atoms with E-state index in [1.54, 1.807) is 0 Å². The normalized spacial score (nSPS) is 16.8.